The fraction of sp³-hybridized carbons (Fsp3) is 0.294. The van der Waals surface area contributed by atoms with Gasteiger partial charge in [0.25, 0.3) is 0 Å². The SMILES string of the molecule is Clc1ccc(-n2c(C3CCOCC3)nc3cccnc32)cc1. The number of nitrogens with zero attached hydrogens (tertiary/aromatic N) is 3. The van der Waals surface area contributed by atoms with Crippen LogP contribution in [0.5, 0.6) is 0 Å². The van der Waals surface area contributed by atoms with Gasteiger partial charge in [-0.2, -0.15) is 0 Å². The zero-order valence-corrected chi connectivity index (χ0v) is 12.8. The predicted molar refractivity (Wildman–Crippen MR) is 86.7 cm³/mol. The van der Waals surface area contributed by atoms with Crippen molar-refractivity contribution in [3.63, 3.8) is 0 Å². The molecule has 0 radical (unpaired) electrons. The largest absolute Gasteiger partial charge is 0.381 e. The van der Waals surface area contributed by atoms with Gasteiger partial charge >= 0.3 is 0 Å². The maximum absolute atomic E-state index is 6.02. The zero-order chi connectivity index (χ0) is 14.9. The van der Waals surface area contributed by atoms with E-state index < -0.39 is 0 Å². The molecule has 112 valence electrons. The van der Waals surface area contributed by atoms with Gasteiger partial charge in [0.15, 0.2) is 5.65 Å². The van der Waals surface area contributed by atoms with Gasteiger partial charge in [-0.1, -0.05) is 11.6 Å². The maximum Gasteiger partial charge on any atom is 0.164 e. The van der Waals surface area contributed by atoms with Crippen molar-refractivity contribution in [3.05, 3.63) is 53.4 Å². The molecule has 1 aliphatic heterocycles. The summed E-state index contributed by atoms with van der Waals surface area (Å²) in [5, 5.41) is 0.730. The molecule has 0 N–H and O–H groups in total. The van der Waals surface area contributed by atoms with Crippen molar-refractivity contribution in [1.29, 1.82) is 0 Å². The Morgan fingerprint density at radius 1 is 1.09 bits per heavy atom. The highest BCUT2D eigenvalue weighted by molar-refractivity contribution is 6.30. The fourth-order valence-electron chi connectivity index (χ4n) is 3.00. The molecule has 22 heavy (non-hydrogen) atoms. The molecule has 0 bridgehead atoms. The van der Waals surface area contributed by atoms with Crippen molar-refractivity contribution in [2.75, 3.05) is 13.2 Å². The van der Waals surface area contributed by atoms with Crippen LogP contribution in [0.1, 0.15) is 24.6 Å². The van der Waals surface area contributed by atoms with Gasteiger partial charge in [-0.15, -0.1) is 0 Å². The summed E-state index contributed by atoms with van der Waals surface area (Å²) < 4.78 is 7.64. The number of benzene rings is 1. The highest BCUT2D eigenvalue weighted by Gasteiger charge is 2.24. The van der Waals surface area contributed by atoms with Crippen LogP contribution in [-0.4, -0.2) is 27.7 Å². The fourth-order valence-corrected chi connectivity index (χ4v) is 3.13. The topological polar surface area (TPSA) is 39.9 Å². The summed E-state index contributed by atoms with van der Waals surface area (Å²) in [6, 6.07) is 11.8. The molecule has 1 saturated heterocycles. The van der Waals surface area contributed by atoms with E-state index in [1.165, 1.54) is 0 Å². The predicted octanol–water partition coefficient (Wildman–Crippen LogP) is 3.97. The lowest BCUT2D eigenvalue weighted by molar-refractivity contribution is 0.0834. The minimum Gasteiger partial charge on any atom is -0.381 e. The molecule has 3 aromatic rings. The van der Waals surface area contributed by atoms with Crippen molar-refractivity contribution in [3.8, 4) is 5.69 Å². The second-order valence-electron chi connectivity index (χ2n) is 5.51. The van der Waals surface area contributed by atoms with Crippen molar-refractivity contribution < 1.29 is 4.74 Å². The van der Waals surface area contributed by atoms with Crippen molar-refractivity contribution in [2.24, 2.45) is 0 Å². The first kappa shape index (κ1) is 13.7. The van der Waals surface area contributed by atoms with E-state index in [1.54, 1.807) is 0 Å². The number of halogens is 1. The van der Waals surface area contributed by atoms with Crippen LogP contribution in [0.2, 0.25) is 5.02 Å². The highest BCUT2D eigenvalue weighted by atomic mass is 35.5. The van der Waals surface area contributed by atoms with E-state index in [0.717, 1.165) is 53.8 Å². The Balaban J connectivity index is 1.91. The van der Waals surface area contributed by atoms with Crippen LogP contribution in [-0.2, 0) is 4.74 Å². The first-order valence-electron chi connectivity index (χ1n) is 7.50. The summed E-state index contributed by atoms with van der Waals surface area (Å²) in [4.78, 5) is 9.38. The van der Waals surface area contributed by atoms with E-state index in [0.29, 0.717) is 5.92 Å². The summed E-state index contributed by atoms with van der Waals surface area (Å²) >= 11 is 6.02. The number of aromatic nitrogens is 3. The lowest BCUT2D eigenvalue weighted by Crippen LogP contribution is -2.17. The van der Waals surface area contributed by atoms with Gasteiger partial charge in [-0.25, -0.2) is 9.97 Å². The lowest BCUT2D eigenvalue weighted by Gasteiger charge is -2.22. The molecule has 1 fully saturated rings. The third-order valence-electron chi connectivity index (χ3n) is 4.11. The third-order valence-corrected chi connectivity index (χ3v) is 4.37. The van der Waals surface area contributed by atoms with E-state index in [9.17, 15) is 0 Å². The summed E-state index contributed by atoms with van der Waals surface area (Å²) in [7, 11) is 0. The molecule has 0 saturated carbocycles. The molecular weight excluding hydrogens is 298 g/mol. The highest BCUT2D eigenvalue weighted by Crippen LogP contribution is 2.31. The van der Waals surface area contributed by atoms with Crippen LogP contribution in [0.15, 0.2) is 42.6 Å². The van der Waals surface area contributed by atoms with E-state index in [-0.39, 0.29) is 0 Å². The Morgan fingerprint density at radius 2 is 1.86 bits per heavy atom. The molecule has 3 heterocycles. The molecule has 4 nitrogen and oxygen atoms in total. The van der Waals surface area contributed by atoms with E-state index in [1.807, 2.05) is 42.6 Å². The maximum atomic E-state index is 6.02. The molecule has 0 amide bonds. The molecule has 4 rings (SSSR count). The molecule has 0 spiro atoms. The number of rotatable bonds is 2. The first-order valence-corrected chi connectivity index (χ1v) is 7.88. The normalized spacial score (nSPS) is 16.2. The lowest BCUT2D eigenvalue weighted by atomic mass is 9.99. The monoisotopic (exact) mass is 313 g/mol. The number of imidazole rings is 1. The van der Waals surface area contributed by atoms with Crippen LogP contribution in [0.4, 0.5) is 0 Å². The van der Waals surface area contributed by atoms with Crippen molar-refractivity contribution in [2.45, 2.75) is 18.8 Å². The molecular formula is C17H16ClN3O. The van der Waals surface area contributed by atoms with Gasteiger partial charge < -0.3 is 4.74 Å². The number of hydrogen-bond acceptors (Lipinski definition) is 3. The molecule has 1 aliphatic rings. The molecule has 1 aromatic carbocycles. The smallest absolute Gasteiger partial charge is 0.164 e. The van der Waals surface area contributed by atoms with Gasteiger partial charge in [-0.3, -0.25) is 4.57 Å². The number of fused-ring (bicyclic) bond motifs is 1. The summed E-state index contributed by atoms with van der Waals surface area (Å²) in [5.74, 6) is 1.47. The van der Waals surface area contributed by atoms with Gasteiger partial charge in [-0.05, 0) is 49.2 Å². The summed E-state index contributed by atoms with van der Waals surface area (Å²) in [6.45, 7) is 1.59. The minimum atomic E-state index is 0.402. The second kappa shape index (κ2) is 5.71. The van der Waals surface area contributed by atoms with E-state index >= 15 is 0 Å². The Hall–Kier alpha value is -1.91. The minimum absolute atomic E-state index is 0.402. The van der Waals surface area contributed by atoms with Crippen LogP contribution in [0.3, 0.4) is 0 Å². The van der Waals surface area contributed by atoms with Gasteiger partial charge in [0, 0.05) is 36.0 Å². The third kappa shape index (κ3) is 2.38. The van der Waals surface area contributed by atoms with Crippen LogP contribution in [0, 0.1) is 0 Å². The number of pyridine rings is 1. The number of hydrogen-bond donors (Lipinski definition) is 0. The second-order valence-corrected chi connectivity index (χ2v) is 5.95. The Kier molecular flexibility index (Phi) is 3.56. The van der Waals surface area contributed by atoms with Gasteiger partial charge in [0.2, 0.25) is 0 Å². The van der Waals surface area contributed by atoms with Gasteiger partial charge in [0.1, 0.15) is 11.3 Å². The van der Waals surface area contributed by atoms with Crippen molar-refractivity contribution >= 4 is 22.8 Å². The molecule has 0 atom stereocenters. The Morgan fingerprint density at radius 3 is 2.64 bits per heavy atom. The number of ether oxygens (including phenoxy) is 1. The molecule has 0 aliphatic carbocycles. The van der Waals surface area contributed by atoms with Crippen LogP contribution >= 0.6 is 11.6 Å². The zero-order valence-electron chi connectivity index (χ0n) is 12.1. The molecule has 0 unspecified atom stereocenters. The Bertz CT molecular complexity index is 791. The standard InChI is InChI=1S/C17H16ClN3O/c18-13-3-5-14(6-4-13)21-16(12-7-10-22-11-8-12)20-15-2-1-9-19-17(15)21/h1-6,9,12H,7-8,10-11H2. The Labute approximate surface area is 133 Å². The van der Waals surface area contributed by atoms with Gasteiger partial charge in [0.05, 0.1) is 0 Å². The quantitative estimate of drug-likeness (QED) is 0.718. The molecule has 2 aromatic heterocycles. The molecule has 5 heteroatoms. The summed E-state index contributed by atoms with van der Waals surface area (Å²) in [5.41, 5.74) is 2.87. The van der Waals surface area contributed by atoms with Crippen LogP contribution in [0.25, 0.3) is 16.9 Å². The van der Waals surface area contributed by atoms with E-state index in [2.05, 4.69) is 9.55 Å². The summed E-state index contributed by atoms with van der Waals surface area (Å²) in [6.07, 6.45) is 3.80. The first-order chi connectivity index (χ1) is 10.8. The van der Waals surface area contributed by atoms with Crippen LogP contribution < -0.4 is 0 Å². The average Bonchev–Trinajstić information content (AvgIpc) is 2.96. The average molecular weight is 314 g/mol. The van der Waals surface area contributed by atoms with Crippen molar-refractivity contribution in [1.82, 2.24) is 14.5 Å². The van der Waals surface area contributed by atoms with E-state index in [4.69, 9.17) is 21.3 Å².